The topological polar surface area (TPSA) is 115 Å². The molecule has 0 saturated carbocycles. The number of nitrogens with one attached hydrogen (secondary N) is 2. The van der Waals surface area contributed by atoms with Gasteiger partial charge in [-0.25, -0.2) is 9.78 Å². The van der Waals surface area contributed by atoms with Crippen molar-refractivity contribution in [2.24, 2.45) is 0 Å². The molecule has 3 N–H and O–H groups in total. The molecule has 0 radical (unpaired) electrons. The van der Waals surface area contributed by atoms with Crippen molar-refractivity contribution < 1.29 is 19.5 Å². The lowest BCUT2D eigenvalue weighted by molar-refractivity contribution is -0.123. The molecule has 0 bridgehead atoms. The number of aromatic nitrogens is 1. The van der Waals surface area contributed by atoms with Crippen LogP contribution in [0.3, 0.4) is 0 Å². The Bertz CT molecular complexity index is 1080. The number of carbonyl (C=O) groups is 3. The largest absolute Gasteiger partial charge is 0.508 e. The number of amides is 4. The van der Waals surface area contributed by atoms with Gasteiger partial charge in [-0.05, 0) is 44.0 Å². The van der Waals surface area contributed by atoms with Crippen LogP contribution in [0.1, 0.15) is 34.0 Å². The third-order valence-electron chi connectivity index (χ3n) is 5.88. The molecule has 1 unspecified atom stereocenters. The summed E-state index contributed by atoms with van der Waals surface area (Å²) in [4.78, 5) is 45.0. The minimum Gasteiger partial charge on any atom is -0.508 e. The Morgan fingerprint density at radius 3 is 2.42 bits per heavy atom. The number of pyridine rings is 1. The van der Waals surface area contributed by atoms with E-state index in [0.717, 1.165) is 16.9 Å². The molecule has 2 saturated heterocycles. The first-order valence-electron chi connectivity index (χ1n) is 10.1. The lowest BCUT2D eigenvalue weighted by Gasteiger charge is -2.36. The summed E-state index contributed by atoms with van der Waals surface area (Å²) in [5, 5.41) is 15.2. The number of phenols is 1. The SMILES string of the molecule is Cc1cnc(N2CCN(C(=O)c3ccc(C4(C)NC(=O)NC4=O)c(O)c3)CC2)c(C)c1. The Balaban J connectivity index is 1.46. The molecule has 31 heavy (non-hydrogen) atoms. The van der Waals surface area contributed by atoms with Crippen LogP contribution < -0.4 is 15.5 Å². The number of rotatable bonds is 3. The molecule has 9 heteroatoms. The van der Waals surface area contributed by atoms with Crippen LogP contribution in [0.15, 0.2) is 30.5 Å². The van der Waals surface area contributed by atoms with Crippen molar-refractivity contribution in [3.8, 4) is 5.75 Å². The summed E-state index contributed by atoms with van der Waals surface area (Å²) in [6.07, 6.45) is 1.84. The van der Waals surface area contributed by atoms with Crippen LogP contribution in [-0.4, -0.2) is 59.0 Å². The molecule has 3 heterocycles. The molecule has 9 nitrogen and oxygen atoms in total. The second-order valence-corrected chi connectivity index (χ2v) is 8.20. The van der Waals surface area contributed by atoms with Crippen LogP contribution in [0.25, 0.3) is 0 Å². The molecule has 1 atom stereocenters. The highest BCUT2D eigenvalue weighted by Gasteiger charge is 2.45. The van der Waals surface area contributed by atoms with Gasteiger partial charge >= 0.3 is 6.03 Å². The third-order valence-corrected chi connectivity index (χ3v) is 5.88. The van der Waals surface area contributed by atoms with Gasteiger partial charge in [0.25, 0.3) is 11.8 Å². The van der Waals surface area contributed by atoms with E-state index in [4.69, 9.17) is 0 Å². The Morgan fingerprint density at radius 1 is 1.13 bits per heavy atom. The molecule has 2 fully saturated rings. The number of hydrogen-bond donors (Lipinski definition) is 3. The van der Waals surface area contributed by atoms with Gasteiger partial charge in [0, 0.05) is 43.5 Å². The number of imide groups is 1. The van der Waals surface area contributed by atoms with Crippen LogP contribution in [0.2, 0.25) is 0 Å². The zero-order valence-corrected chi connectivity index (χ0v) is 17.7. The van der Waals surface area contributed by atoms with Crippen molar-refractivity contribution in [2.45, 2.75) is 26.3 Å². The fraction of sp³-hybridized carbons (Fsp3) is 0.364. The predicted octanol–water partition coefficient (Wildman–Crippen LogP) is 1.42. The second-order valence-electron chi connectivity index (χ2n) is 8.20. The number of aromatic hydroxyl groups is 1. The number of urea groups is 1. The van der Waals surface area contributed by atoms with Crippen molar-refractivity contribution in [3.63, 3.8) is 0 Å². The van der Waals surface area contributed by atoms with Gasteiger partial charge in [-0.3, -0.25) is 14.9 Å². The highest BCUT2D eigenvalue weighted by atomic mass is 16.3. The van der Waals surface area contributed by atoms with Crippen molar-refractivity contribution in [1.29, 1.82) is 0 Å². The van der Waals surface area contributed by atoms with Crippen molar-refractivity contribution in [2.75, 3.05) is 31.1 Å². The van der Waals surface area contributed by atoms with Crippen molar-refractivity contribution in [1.82, 2.24) is 20.5 Å². The Morgan fingerprint density at radius 2 is 1.84 bits per heavy atom. The molecular formula is C22H25N5O4. The fourth-order valence-electron chi connectivity index (χ4n) is 4.16. The average molecular weight is 423 g/mol. The third kappa shape index (κ3) is 3.67. The molecule has 2 aliphatic heterocycles. The van der Waals surface area contributed by atoms with E-state index in [9.17, 15) is 19.5 Å². The highest BCUT2D eigenvalue weighted by molar-refractivity contribution is 6.07. The van der Waals surface area contributed by atoms with Crippen molar-refractivity contribution >= 4 is 23.7 Å². The van der Waals surface area contributed by atoms with Crippen LogP contribution in [-0.2, 0) is 10.3 Å². The Kier molecular flexibility index (Phi) is 5.04. The average Bonchev–Trinajstić information content (AvgIpc) is 2.99. The molecule has 162 valence electrons. The van der Waals surface area contributed by atoms with Gasteiger partial charge in [-0.2, -0.15) is 0 Å². The van der Waals surface area contributed by atoms with E-state index < -0.39 is 17.5 Å². The Hall–Kier alpha value is -3.62. The number of carbonyl (C=O) groups excluding carboxylic acids is 3. The van der Waals surface area contributed by atoms with E-state index in [2.05, 4.69) is 26.6 Å². The molecule has 4 amide bonds. The number of nitrogens with zero attached hydrogens (tertiary/aromatic N) is 3. The minimum absolute atomic E-state index is 0.194. The first-order valence-corrected chi connectivity index (χ1v) is 10.1. The van der Waals surface area contributed by atoms with Crippen LogP contribution >= 0.6 is 0 Å². The van der Waals surface area contributed by atoms with Gasteiger partial charge in [0.05, 0.1) is 0 Å². The van der Waals surface area contributed by atoms with Crippen LogP contribution in [0.4, 0.5) is 10.6 Å². The molecular weight excluding hydrogens is 398 g/mol. The fourth-order valence-corrected chi connectivity index (χ4v) is 4.16. The van der Waals surface area contributed by atoms with E-state index in [1.54, 1.807) is 11.0 Å². The van der Waals surface area contributed by atoms with Crippen LogP contribution in [0, 0.1) is 13.8 Å². The zero-order chi connectivity index (χ0) is 22.3. The monoisotopic (exact) mass is 423 g/mol. The van der Waals surface area contributed by atoms with Gasteiger partial charge in [-0.1, -0.05) is 12.1 Å². The standard InChI is InChI=1S/C22H25N5O4/c1-13-10-14(2)18(23-12-13)26-6-8-27(9-7-26)19(29)15-4-5-16(17(28)11-15)22(3)20(30)24-21(31)25-22/h4-5,10-12,28H,6-9H2,1-3H3,(H2,24,25,30,31). The summed E-state index contributed by atoms with van der Waals surface area (Å²) in [7, 11) is 0. The van der Waals surface area contributed by atoms with E-state index in [0.29, 0.717) is 31.7 Å². The van der Waals surface area contributed by atoms with Crippen LogP contribution in [0.5, 0.6) is 5.75 Å². The van der Waals surface area contributed by atoms with Gasteiger partial charge in [-0.15, -0.1) is 0 Å². The molecule has 4 rings (SSSR count). The lowest BCUT2D eigenvalue weighted by Crippen LogP contribution is -2.49. The molecule has 0 spiro atoms. The quantitative estimate of drug-likeness (QED) is 0.644. The molecule has 2 aromatic rings. The maximum atomic E-state index is 13.0. The number of phenolic OH excluding ortho intramolecular Hbond substituents is 1. The summed E-state index contributed by atoms with van der Waals surface area (Å²) in [6, 6.07) is 5.89. The number of hydrogen-bond acceptors (Lipinski definition) is 6. The maximum absolute atomic E-state index is 13.0. The molecule has 1 aromatic heterocycles. The zero-order valence-electron chi connectivity index (χ0n) is 17.7. The van der Waals surface area contributed by atoms with Gasteiger partial charge in [0.2, 0.25) is 0 Å². The van der Waals surface area contributed by atoms with Crippen molar-refractivity contribution in [3.05, 3.63) is 52.7 Å². The number of anilines is 1. The lowest BCUT2D eigenvalue weighted by atomic mass is 9.90. The molecule has 2 aliphatic rings. The number of piperazine rings is 1. The van der Waals surface area contributed by atoms with Gasteiger partial charge in [0.1, 0.15) is 17.1 Å². The Labute approximate surface area is 180 Å². The summed E-state index contributed by atoms with van der Waals surface area (Å²) in [5.41, 5.74) is 1.40. The number of aryl methyl sites for hydroxylation is 2. The summed E-state index contributed by atoms with van der Waals surface area (Å²) >= 11 is 0. The van der Waals surface area contributed by atoms with E-state index in [1.165, 1.54) is 19.1 Å². The van der Waals surface area contributed by atoms with Gasteiger partial charge in [0.15, 0.2) is 0 Å². The predicted molar refractivity (Wildman–Crippen MR) is 114 cm³/mol. The summed E-state index contributed by atoms with van der Waals surface area (Å²) in [5.74, 6) is -0.0307. The second kappa shape index (κ2) is 7.57. The highest BCUT2D eigenvalue weighted by Crippen LogP contribution is 2.32. The first kappa shape index (κ1) is 20.6. The minimum atomic E-state index is -1.38. The van der Waals surface area contributed by atoms with E-state index in [1.807, 2.05) is 20.0 Å². The summed E-state index contributed by atoms with van der Waals surface area (Å²) in [6.45, 7) is 7.94. The first-order chi connectivity index (χ1) is 14.7. The van der Waals surface area contributed by atoms with Gasteiger partial charge < -0.3 is 20.2 Å². The number of benzene rings is 1. The molecule has 1 aromatic carbocycles. The summed E-state index contributed by atoms with van der Waals surface area (Å²) < 4.78 is 0. The van der Waals surface area contributed by atoms with E-state index in [-0.39, 0.29) is 17.2 Å². The van der Waals surface area contributed by atoms with E-state index >= 15 is 0 Å². The maximum Gasteiger partial charge on any atom is 0.322 e. The molecule has 0 aliphatic carbocycles. The normalized spacial score (nSPS) is 21.1. The smallest absolute Gasteiger partial charge is 0.322 e.